The number of allylic oxidation sites excluding steroid dienone is 1. The largest absolute Gasteiger partial charge is 0.490 e. The highest BCUT2D eigenvalue weighted by atomic mass is 16.5. The molecule has 0 bridgehead atoms. The first-order valence-electron chi connectivity index (χ1n) is 14.4. The van der Waals surface area contributed by atoms with Gasteiger partial charge in [0.15, 0.2) is 11.5 Å². The number of fused-ring (bicyclic) bond motifs is 2. The Morgan fingerprint density at radius 3 is 2.47 bits per heavy atom. The Labute approximate surface area is 248 Å². The fourth-order valence-electron chi connectivity index (χ4n) is 5.76. The van der Waals surface area contributed by atoms with Gasteiger partial charge in [-0.15, -0.1) is 0 Å². The summed E-state index contributed by atoms with van der Waals surface area (Å²) in [6.07, 6.45) is 12.0. The van der Waals surface area contributed by atoms with Gasteiger partial charge in [0, 0.05) is 40.8 Å². The molecule has 0 aliphatic heterocycles. The predicted octanol–water partition coefficient (Wildman–Crippen LogP) is 5.25. The Morgan fingerprint density at radius 2 is 1.74 bits per heavy atom. The fourth-order valence-corrected chi connectivity index (χ4v) is 5.76. The number of aromatic nitrogens is 4. The standard InChI is InChI=1S/C34H32N4O5/c1-3-42-30-15-22-14-23(19-39)28(20-40)32(27(22)16-31(30)43-4-2)26-11-13-36-18-29(26)38-34(41)25-10-6-5-9-24(25)33(37-38)21-8-7-12-35-17-21/h5,7-9,11-18,39-40H,3-4,6,10,19-20H2,1-2H3. The van der Waals surface area contributed by atoms with Crippen LogP contribution in [0.4, 0.5) is 0 Å². The van der Waals surface area contributed by atoms with Crippen LogP contribution in [0.25, 0.3) is 44.9 Å². The Morgan fingerprint density at radius 1 is 0.953 bits per heavy atom. The van der Waals surface area contributed by atoms with Crippen LogP contribution in [0.15, 0.2) is 72.1 Å². The summed E-state index contributed by atoms with van der Waals surface area (Å²) in [6, 6.07) is 11.2. The molecular formula is C34H32N4O5. The van der Waals surface area contributed by atoms with Crippen molar-refractivity contribution in [3.8, 4) is 39.6 Å². The Balaban J connectivity index is 1.69. The van der Waals surface area contributed by atoms with Crippen LogP contribution in [0.1, 0.15) is 42.5 Å². The van der Waals surface area contributed by atoms with E-state index in [9.17, 15) is 15.0 Å². The monoisotopic (exact) mass is 576 g/mol. The van der Waals surface area contributed by atoms with E-state index in [0.29, 0.717) is 70.3 Å². The summed E-state index contributed by atoms with van der Waals surface area (Å²) in [5, 5.41) is 27.5. The first-order valence-corrected chi connectivity index (χ1v) is 14.4. The number of benzene rings is 2. The molecule has 1 aliphatic rings. The van der Waals surface area contributed by atoms with Gasteiger partial charge in [-0.25, -0.2) is 0 Å². The van der Waals surface area contributed by atoms with E-state index in [1.165, 1.54) is 4.68 Å². The molecule has 0 amide bonds. The highest BCUT2D eigenvalue weighted by molar-refractivity contribution is 6.02. The van der Waals surface area contributed by atoms with Crippen LogP contribution in [-0.4, -0.2) is 43.2 Å². The minimum absolute atomic E-state index is 0.233. The van der Waals surface area contributed by atoms with Gasteiger partial charge in [-0.2, -0.15) is 9.78 Å². The number of hydrogen-bond acceptors (Lipinski definition) is 8. The van der Waals surface area contributed by atoms with Gasteiger partial charge in [-0.05, 0) is 90.6 Å². The third-order valence-corrected chi connectivity index (χ3v) is 7.64. The normalized spacial score (nSPS) is 12.4. The van der Waals surface area contributed by atoms with E-state index in [1.807, 2.05) is 50.3 Å². The molecule has 2 N–H and O–H groups in total. The van der Waals surface area contributed by atoms with Gasteiger partial charge in [0.05, 0.1) is 38.3 Å². The number of hydrogen-bond donors (Lipinski definition) is 2. The number of rotatable bonds is 9. The van der Waals surface area contributed by atoms with E-state index in [1.54, 1.807) is 30.9 Å². The molecule has 6 rings (SSSR count). The fraction of sp³-hybridized carbons (Fsp3) is 0.235. The summed E-state index contributed by atoms with van der Waals surface area (Å²) in [5.74, 6) is 1.14. The van der Waals surface area contributed by atoms with Gasteiger partial charge < -0.3 is 19.7 Å². The molecule has 43 heavy (non-hydrogen) atoms. The molecule has 0 radical (unpaired) electrons. The highest BCUT2D eigenvalue weighted by Crippen LogP contribution is 2.42. The smallest absolute Gasteiger partial charge is 0.275 e. The van der Waals surface area contributed by atoms with Gasteiger partial charge in [0.2, 0.25) is 0 Å². The second-order valence-corrected chi connectivity index (χ2v) is 10.1. The summed E-state index contributed by atoms with van der Waals surface area (Å²) < 4.78 is 13.2. The molecule has 218 valence electrons. The maximum atomic E-state index is 14.1. The first-order chi connectivity index (χ1) is 21.1. The van der Waals surface area contributed by atoms with Gasteiger partial charge in [0.1, 0.15) is 5.69 Å². The van der Waals surface area contributed by atoms with Crippen LogP contribution in [0.2, 0.25) is 0 Å². The van der Waals surface area contributed by atoms with Gasteiger partial charge in [-0.1, -0.05) is 12.2 Å². The van der Waals surface area contributed by atoms with E-state index in [4.69, 9.17) is 14.6 Å². The molecule has 1 aliphatic carbocycles. The zero-order valence-electron chi connectivity index (χ0n) is 24.1. The van der Waals surface area contributed by atoms with Crippen LogP contribution in [-0.2, 0) is 19.6 Å². The summed E-state index contributed by atoms with van der Waals surface area (Å²) in [7, 11) is 0. The average molecular weight is 577 g/mol. The van der Waals surface area contributed by atoms with Crippen molar-refractivity contribution in [2.75, 3.05) is 13.2 Å². The lowest BCUT2D eigenvalue weighted by Crippen LogP contribution is -2.28. The molecule has 0 saturated carbocycles. The van der Waals surface area contributed by atoms with Crippen LogP contribution in [0.3, 0.4) is 0 Å². The Bertz CT molecular complexity index is 1900. The number of pyridine rings is 2. The van der Waals surface area contributed by atoms with Crippen molar-refractivity contribution in [2.24, 2.45) is 0 Å². The van der Waals surface area contributed by atoms with Gasteiger partial charge in [-0.3, -0.25) is 14.8 Å². The predicted molar refractivity (Wildman–Crippen MR) is 165 cm³/mol. The van der Waals surface area contributed by atoms with Crippen LogP contribution >= 0.6 is 0 Å². The lowest BCUT2D eigenvalue weighted by molar-refractivity contribution is 0.260. The molecule has 0 unspecified atom stereocenters. The quantitative estimate of drug-likeness (QED) is 0.244. The van der Waals surface area contributed by atoms with Crippen molar-refractivity contribution in [1.29, 1.82) is 0 Å². The van der Waals surface area contributed by atoms with Crippen molar-refractivity contribution in [3.63, 3.8) is 0 Å². The molecule has 0 fully saturated rings. The molecule has 3 aromatic heterocycles. The molecule has 2 aromatic carbocycles. The van der Waals surface area contributed by atoms with Crippen molar-refractivity contribution >= 4 is 16.8 Å². The third-order valence-electron chi connectivity index (χ3n) is 7.64. The summed E-state index contributed by atoms with van der Waals surface area (Å²) in [4.78, 5) is 22.7. The first kappa shape index (κ1) is 28.3. The minimum atomic E-state index is -0.335. The number of ether oxygens (including phenoxy) is 2. The van der Waals surface area contributed by atoms with Crippen molar-refractivity contribution in [1.82, 2.24) is 19.7 Å². The van der Waals surface area contributed by atoms with E-state index in [2.05, 4.69) is 16.0 Å². The van der Waals surface area contributed by atoms with Crippen LogP contribution in [0, 0.1) is 0 Å². The lowest BCUT2D eigenvalue weighted by atomic mass is 9.89. The number of aliphatic hydroxyl groups is 2. The molecule has 0 spiro atoms. The number of nitrogens with zero attached hydrogens (tertiary/aromatic N) is 4. The van der Waals surface area contributed by atoms with E-state index in [-0.39, 0.29) is 18.8 Å². The molecule has 9 nitrogen and oxygen atoms in total. The van der Waals surface area contributed by atoms with Crippen LogP contribution in [0.5, 0.6) is 11.5 Å². The zero-order chi connectivity index (χ0) is 29.9. The maximum Gasteiger partial charge on any atom is 0.275 e. The summed E-state index contributed by atoms with van der Waals surface area (Å²) in [6.45, 7) is 4.07. The molecule has 3 heterocycles. The second-order valence-electron chi connectivity index (χ2n) is 10.1. The molecular weight excluding hydrogens is 544 g/mol. The van der Waals surface area contributed by atoms with E-state index >= 15 is 0 Å². The highest BCUT2D eigenvalue weighted by Gasteiger charge is 2.24. The molecule has 5 aromatic rings. The van der Waals surface area contributed by atoms with E-state index in [0.717, 1.165) is 28.3 Å². The average Bonchev–Trinajstić information content (AvgIpc) is 3.05. The Hall–Kier alpha value is -4.86. The third kappa shape index (κ3) is 5.07. The van der Waals surface area contributed by atoms with Gasteiger partial charge >= 0.3 is 0 Å². The van der Waals surface area contributed by atoms with E-state index < -0.39 is 0 Å². The zero-order valence-corrected chi connectivity index (χ0v) is 24.1. The molecule has 0 saturated heterocycles. The van der Waals surface area contributed by atoms with Crippen LogP contribution < -0.4 is 15.0 Å². The van der Waals surface area contributed by atoms with Gasteiger partial charge in [0.25, 0.3) is 5.56 Å². The minimum Gasteiger partial charge on any atom is -0.490 e. The summed E-state index contributed by atoms with van der Waals surface area (Å²) >= 11 is 0. The number of aliphatic hydroxyl groups excluding tert-OH is 2. The molecule has 9 heteroatoms. The molecule has 0 atom stereocenters. The Kier molecular flexibility index (Phi) is 8.00. The maximum absolute atomic E-state index is 14.1. The lowest BCUT2D eigenvalue weighted by Gasteiger charge is -2.22. The van der Waals surface area contributed by atoms with Crippen molar-refractivity contribution in [2.45, 2.75) is 39.9 Å². The summed E-state index contributed by atoms with van der Waals surface area (Å²) in [5.41, 5.74) is 5.49. The SMILES string of the molecule is CCOc1cc2cc(CO)c(CO)c(-c3ccncc3-n3nc(-c4cccnc4)c4c(c3=O)CCC=C4)c2cc1OCC. The van der Waals surface area contributed by atoms with Crippen molar-refractivity contribution < 1.29 is 19.7 Å². The van der Waals surface area contributed by atoms with Crippen molar-refractivity contribution in [3.05, 3.63) is 99.9 Å². The topological polar surface area (TPSA) is 120 Å². The second kappa shape index (κ2) is 12.2.